The first-order valence-electron chi connectivity index (χ1n) is 6.36. The largest absolute Gasteiger partial charge is 0.325 e. The smallest absolute Gasteiger partial charge is 0.212 e. The molecule has 0 fully saturated rings. The van der Waals surface area contributed by atoms with Crippen LogP contribution < -0.4 is 5.32 Å². The molecule has 0 amide bonds. The van der Waals surface area contributed by atoms with Crippen LogP contribution in [0.1, 0.15) is 5.69 Å². The molecule has 3 aromatic rings. The minimum absolute atomic E-state index is 0.720. The Balaban J connectivity index is 1.96. The summed E-state index contributed by atoms with van der Waals surface area (Å²) in [4.78, 5) is 4.52. The first-order chi connectivity index (χ1) is 9.72. The zero-order chi connectivity index (χ0) is 13.9. The van der Waals surface area contributed by atoms with E-state index in [0.717, 1.165) is 28.0 Å². The van der Waals surface area contributed by atoms with Gasteiger partial charge in [-0.3, -0.25) is 4.57 Å². The minimum atomic E-state index is 0.720. The third kappa shape index (κ3) is 2.68. The molecule has 0 unspecified atom stereocenters. The molecule has 1 aromatic heterocycles. The number of nitrogens with one attached hydrogen (secondary N) is 1. The first kappa shape index (κ1) is 12.8. The summed E-state index contributed by atoms with van der Waals surface area (Å²) in [5.74, 6) is 0.788. The number of rotatable bonds is 3. The van der Waals surface area contributed by atoms with Crippen LogP contribution in [-0.2, 0) is 0 Å². The molecule has 0 saturated carbocycles. The van der Waals surface area contributed by atoms with Crippen molar-refractivity contribution >= 4 is 23.2 Å². The molecule has 0 saturated heterocycles. The van der Waals surface area contributed by atoms with Crippen LogP contribution in [0.2, 0.25) is 5.02 Å². The molecule has 0 radical (unpaired) electrons. The quantitative estimate of drug-likeness (QED) is 0.762. The van der Waals surface area contributed by atoms with Crippen LogP contribution in [0, 0.1) is 6.92 Å². The summed E-state index contributed by atoms with van der Waals surface area (Å²) in [6.45, 7) is 1.98. The normalized spacial score (nSPS) is 10.5. The molecule has 0 aliphatic rings. The summed E-state index contributed by atoms with van der Waals surface area (Å²) in [5, 5.41) is 4.03. The van der Waals surface area contributed by atoms with Gasteiger partial charge < -0.3 is 5.32 Å². The standard InChI is InChI=1S/C16H14ClN3/c1-12-11-20(15-5-3-2-4-6-15)16(18-12)19-14-9-7-13(17)8-10-14/h2-11H,1H3,(H,18,19). The van der Waals surface area contributed by atoms with Gasteiger partial charge >= 0.3 is 0 Å². The number of anilines is 2. The molecule has 0 spiro atoms. The molecular weight excluding hydrogens is 270 g/mol. The predicted octanol–water partition coefficient (Wildman–Crippen LogP) is 4.58. The van der Waals surface area contributed by atoms with E-state index in [9.17, 15) is 0 Å². The molecule has 4 heteroatoms. The fourth-order valence-electron chi connectivity index (χ4n) is 2.03. The van der Waals surface area contributed by atoms with Crippen molar-refractivity contribution in [3.05, 3.63) is 71.5 Å². The van der Waals surface area contributed by atoms with Crippen LogP contribution in [0.5, 0.6) is 0 Å². The van der Waals surface area contributed by atoms with E-state index < -0.39 is 0 Å². The van der Waals surface area contributed by atoms with Crippen molar-refractivity contribution < 1.29 is 0 Å². The third-order valence-electron chi connectivity index (χ3n) is 2.96. The number of aryl methyl sites for hydroxylation is 1. The van der Waals surface area contributed by atoms with Gasteiger partial charge in [0.2, 0.25) is 5.95 Å². The lowest BCUT2D eigenvalue weighted by atomic mass is 10.3. The lowest BCUT2D eigenvalue weighted by molar-refractivity contribution is 1.06. The second-order valence-electron chi connectivity index (χ2n) is 4.54. The van der Waals surface area contributed by atoms with E-state index in [1.54, 1.807) is 0 Å². The molecule has 100 valence electrons. The number of nitrogens with zero attached hydrogens (tertiary/aromatic N) is 2. The van der Waals surface area contributed by atoms with Gasteiger partial charge in [0.05, 0.1) is 5.69 Å². The van der Waals surface area contributed by atoms with E-state index in [1.165, 1.54) is 0 Å². The van der Waals surface area contributed by atoms with Crippen LogP contribution >= 0.6 is 11.6 Å². The summed E-state index contributed by atoms with van der Waals surface area (Å²) in [5.41, 5.74) is 2.99. The van der Waals surface area contributed by atoms with E-state index in [0.29, 0.717) is 0 Å². The number of hydrogen-bond donors (Lipinski definition) is 1. The Hall–Kier alpha value is -2.26. The third-order valence-corrected chi connectivity index (χ3v) is 3.21. The number of para-hydroxylation sites is 1. The molecule has 0 aliphatic heterocycles. The van der Waals surface area contributed by atoms with Crippen molar-refractivity contribution in [1.82, 2.24) is 9.55 Å². The highest BCUT2D eigenvalue weighted by Crippen LogP contribution is 2.21. The highest BCUT2D eigenvalue weighted by atomic mass is 35.5. The van der Waals surface area contributed by atoms with Gasteiger partial charge in [-0.05, 0) is 43.3 Å². The van der Waals surface area contributed by atoms with Crippen LogP contribution in [0.25, 0.3) is 5.69 Å². The molecule has 2 aromatic carbocycles. The Kier molecular flexibility index (Phi) is 3.44. The summed E-state index contributed by atoms with van der Waals surface area (Å²) in [6, 6.07) is 17.7. The Bertz CT molecular complexity index is 702. The van der Waals surface area contributed by atoms with Gasteiger partial charge in [-0.25, -0.2) is 4.98 Å². The van der Waals surface area contributed by atoms with Crippen molar-refractivity contribution in [2.24, 2.45) is 0 Å². The van der Waals surface area contributed by atoms with Gasteiger partial charge in [-0.1, -0.05) is 29.8 Å². The average molecular weight is 284 g/mol. The maximum Gasteiger partial charge on any atom is 0.212 e. The maximum absolute atomic E-state index is 5.90. The summed E-state index contributed by atoms with van der Waals surface area (Å²) in [7, 11) is 0. The fraction of sp³-hybridized carbons (Fsp3) is 0.0625. The Morgan fingerprint density at radius 1 is 1.00 bits per heavy atom. The zero-order valence-electron chi connectivity index (χ0n) is 11.0. The summed E-state index contributed by atoms with van der Waals surface area (Å²) < 4.78 is 2.03. The number of halogens is 1. The second-order valence-corrected chi connectivity index (χ2v) is 4.98. The number of benzene rings is 2. The number of aromatic nitrogens is 2. The fourth-order valence-corrected chi connectivity index (χ4v) is 2.16. The first-order valence-corrected chi connectivity index (χ1v) is 6.74. The molecule has 1 N–H and O–H groups in total. The van der Waals surface area contributed by atoms with E-state index in [-0.39, 0.29) is 0 Å². The monoisotopic (exact) mass is 283 g/mol. The van der Waals surface area contributed by atoms with Crippen LogP contribution in [0.15, 0.2) is 60.8 Å². The van der Waals surface area contributed by atoms with Crippen molar-refractivity contribution in [2.45, 2.75) is 6.92 Å². The zero-order valence-corrected chi connectivity index (χ0v) is 11.8. The van der Waals surface area contributed by atoms with Crippen LogP contribution in [0.3, 0.4) is 0 Å². The number of hydrogen-bond acceptors (Lipinski definition) is 2. The van der Waals surface area contributed by atoms with Crippen molar-refractivity contribution in [2.75, 3.05) is 5.32 Å². The van der Waals surface area contributed by atoms with Crippen molar-refractivity contribution in [1.29, 1.82) is 0 Å². The Morgan fingerprint density at radius 2 is 1.70 bits per heavy atom. The van der Waals surface area contributed by atoms with Crippen molar-refractivity contribution in [3.63, 3.8) is 0 Å². The SMILES string of the molecule is Cc1cn(-c2ccccc2)c(Nc2ccc(Cl)cc2)n1. The van der Waals surface area contributed by atoms with E-state index in [4.69, 9.17) is 11.6 Å². The van der Waals surface area contributed by atoms with E-state index in [2.05, 4.69) is 10.3 Å². The lowest BCUT2D eigenvalue weighted by Gasteiger charge is -2.09. The van der Waals surface area contributed by atoms with Gasteiger partial charge in [-0.2, -0.15) is 0 Å². The molecule has 20 heavy (non-hydrogen) atoms. The Morgan fingerprint density at radius 3 is 2.40 bits per heavy atom. The maximum atomic E-state index is 5.90. The van der Waals surface area contributed by atoms with Gasteiger partial charge in [-0.15, -0.1) is 0 Å². The number of imidazole rings is 1. The highest BCUT2D eigenvalue weighted by molar-refractivity contribution is 6.30. The molecule has 3 rings (SSSR count). The van der Waals surface area contributed by atoms with Gasteiger partial charge in [0.1, 0.15) is 0 Å². The van der Waals surface area contributed by atoms with E-state index in [1.807, 2.05) is 72.3 Å². The lowest BCUT2D eigenvalue weighted by Crippen LogP contribution is -2.00. The van der Waals surface area contributed by atoms with Gasteiger partial charge in [0.25, 0.3) is 0 Å². The highest BCUT2D eigenvalue weighted by Gasteiger charge is 2.07. The topological polar surface area (TPSA) is 29.9 Å². The van der Waals surface area contributed by atoms with Crippen LogP contribution in [-0.4, -0.2) is 9.55 Å². The van der Waals surface area contributed by atoms with Crippen molar-refractivity contribution in [3.8, 4) is 5.69 Å². The Labute approximate surface area is 122 Å². The molecule has 1 heterocycles. The van der Waals surface area contributed by atoms with Crippen LogP contribution in [0.4, 0.5) is 11.6 Å². The summed E-state index contributed by atoms with van der Waals surface area (Å²) >= 11 is 5.90. The molecule has 0 bridgehead atoms. The molecule has 0 atom stereocenters. The van der Waals surface area contributed by atoms with Gasteiger partial charge in [0, 0.05) is 22.6 Å². The molecular formula is C16H14ClN3. The van der Waals surface area contributed by atoms with E-state index >= 15 is 0 Å². The predicted molar refractivity (Wildman–Crippen MR) is 83.0 cm³/mol. The second kappa shape index (κ2) is 5.39. The summed E-state index contributed by atoms with van der Waals surface area (Å²) in [6.07, 6.45) is 2.01. The molecule has 0 aliphatic carbocycles. The molecule has 3 nitrogen and oxygen atoms in total. The minimum Gasteiger partial charge on any atom is -0.325 e. The average Bonchev–Trinajstić information content (AvgIpc) is 2.83. The van der Waals surface area contributed by atoms with Gasteiger partial charge in [0.15, 0.2) is 0 Å².